The molecule has 0 saturated carbocycles. The second kappa shape index (κ2) is 3.13. The van der Waals surface area contributed by atoms with Crippen LogP contribution in [-0.4, -0.2) is 14.2 Å². The summed E-state index contributed by atoms with van der Waals surface area (Å²) in [5.74, 6) is 1.59. The smallest absolute Gasteiger partial charge is 0.168 e. The summed E-state index contributed by atoms with van der Waals surface area (Å²) in [6.45, 7) is 0. The van der Waals surface area contributed by atoms with Gasteiger partial charge in [-0.05, 0) is 11.6 Å². The molecule has 0 saturated heterocycles. The maximum Gasteiger partial charge on any atom is 0.168 e. The minimum atomic E-state index is 0.779. The van der Waals surface area contributed by atoms with Gasteiger partial charge in [-0.25, -0.2) is 0 Å². The molecule has 0 atom stereocenters. The van der Waals surface area contributed by atoms with Crippen LogP contribution < -0.4 is 9.47 Å². The van der Waals surface area contributed by atoms with Crippen LogP contribution in [0.3, 0.4) is 0 Å². The maximum atomic E-state index is 5.28. The van der Waals surface area contributed by atoms with Gasteiger partial charge in [0.05, 0.1) is 14.2 Å². The lowest BCUT2D eigenvalue weighted by molar-refractivity contribution is 0.354. The van der Waals surface area contributed by atoms with Gasteiger partial charge in [-0.15, -0.1) is 0 Å². The van der Waals surface area contributed by atoms with E-state index in [1.807, 2.05) is 18.2 Å². The number of ether oxygens (including phenoxy) is 2. The molecule has 0 spiro atoms. The standard InChI is InChI=1S/C11H11O2/c1-12-10-5-3-4-9(8-6-7-8)11(10)13-2/h3-7H,1-2H3. The molecule has 0 aromatic heterocycles. The second-order valence-electron chi connectivity index (χ2n) is 2.83. The third kappa shape index (κ3) is 1.39. The predicted molar refractivity (Wildman–Crippen MR) is 51.8 cm³/mol. The Kier molecular flexibility index (Phi) is 1.97. The molecule has 2 nitrogen and oxygen atoms in total. The van der Waals surface area contributed by atoms with Gasteiger partial charge in [-0.3, -0.25) is 0 Å². The Hall–Kier alpha value is -1.44. The van der Waals surface area contributed by atoms with Crippen molar-refractivity contribution in [2.24, 2.45) is 0 Å². The van der Waals surface area contributed by atoms with Crippen LogP contribution >= 0.6 is 0 Å². The summed E-state index contributed by atoms with van der Waals surface area (Å²) < 4.78 is 10.5. The van der Waals surface area contributed by atoms with E-state index >= 15 is 0 Å². The number of methoxy groups -OCH3 is 2. The Labute approximate surface area is 77.8 Å². The van der Waals surface area contributed by atoms with Crippen molar-refractivity contribution in [3.8, 4) is 11.5 Å². The van der Waals surface area contributed by atoms with Crippen LogP contribution in [0.1, 0.15) is 5.56 Å². The highest BCUT2D eigenvalue weighted by Gasteiger charge is 2.17. The molecule has 2 heteroatoms. The average molecular weight is 175 g/mol. The van der Waals surface area contributed by atoms with Crippen molar-refractivity contribution in [2.75, 3.05) is 14.2 Å². The van der Waals surface area contributed by atoms with Crippen LogP contribution in [-0.2, 0) is 0 Å². The average Bonchev–Trinajstić information content (AvgIpc) is 2.99. The van der Waals surface area contributed by atoms with E-state index in [2.05, 4.69) is 12.5 Å². The van der Waals surface area contributed by atoms with E-state index in [0.717, 1.165) is 17.1 Å². The molecule has 13 heavy (non-hydrogen) atoms. The summed E-state index contributed by atoms with van der Waals surface area (Å²) in [5.41, 5.74) is 2.32. The molecule has 67 valence electrons. The third-order valence-electron chi connectivity index (χ3n) is 2.05. The van der Waals surface area contributed by atoms with E-state index < -0.39 is 0 Å². The SMILES string of the molecule is COc1cccc(C2=C[CH]2)c1OC. The van der Waals surface area contributed by atoms with Gasteiger partial charge >= 0.3 is 0 Å². The largest absolute Gasteiger partial charge is 0.493 e. The molecule has 1 radical (unpaired) electrons. The van der Waals surface area contributed by atoms with Gasteiger partial charge in [0, 0.05) is 12.0 Å². The van der Waals surface area contributed by atoms with E-state index in [0.29, 0.717) is 0 Å². The topological polar surface area (TPSA) is 18.5 Å². The molecule has 0 amide bonds. The van der Waals surface area contributed by atoms with Gasteiger partial charge in [-0.1, -0.05) is 18.2 Å². The molecule has 1 aliphatic rings. The van der Waals surface area contributed by atoms with Crippen LogP contribution in [0.5, 0.6) is 11.5 Å². The van der Waals surface area contributed by atoms with Gasteiger partial charge in [0.15, 0.2) is 11.5 Å². The van der Waals surface area contributed by atoms with E-state index in [9.17, 15) is 0 Å². The first kappa shape index (κ1) is 8.17. The highest BCUT2D eigenvalue weighted by atomic mass is 16.5. The molecule has 0 unspecified atom stereocenters. The van der Waals surface area contributed by atoms with E-state index in [1.54, 1.807) is 14.2 Å². The van der Waals surface area contributed by atoms with Crippen molar-refractivity contribution in [1.29, 1.82) is 0 Å². The zero-order valence-electron chi connectivity index (χ0n) is 7.70. The monoisotopic (exact) mass is 175 g/mol. The lowest BCUT2D eigenvalue weighted by Gasteiger charge is -2.10. The van der Waals surface area contributed by atoms with Crippen LogP contribution in [0.15, 0.2) is 24.3 Å². The first-order chi connectivity index (χ1) is 6.36. The Bertz CT molecular complexity index is 353. The van der Waals surface area contributed by atoms with Crippen LogP contribution in [0, 0.1) is 6.42 Å². The maximum absolute atomic E-state index is 5.28. The van der Waals surface area contributed by atoms with Crippen LogP contribution in [0.25, 0.3) is 5.57 Å². The Morgan fingerprint density at radius 2 is 1.85 bits per heavy atom. The molecular weight excluding hydrogens is 164 g/mol. The number of hydrogen-bond donors (Lipinski definition) is 0. The minimum absolute atomic E-state index is 0.779. The Balaban J connectivity index is 2.48. The molecule has 0 bridgehead atoms. The molecule has 1 aromatic carbocycles. The summed E-state index contributed by atoms with van der Waals surface area (Å²) in [7, 11) is 3.30. The first-order valence-electron chi connectivity index (χ1n) is 4.13. The molecule has 1 aliphatic carbocycles. The highest BCUT2D eigenvalue weighted by molar-refractivity contribution is 5.90. The van der Waals surface area contributed by atoms with Crippen molar-refractivity contribution in [3.63, 3.8) is 0 Å². The van der Waals surface area contributed by atoms with Crippen LogP contribution in [0.2, 0.25) is 0 Å². The molecule has 0 heterocycles. The van der Waals surface area contributed by atoms with Crippen molar-refractivity contribution in [1.82, 2.24) is 0 Å². The summed E-state index contributed by atoms with van der Waals surface area (Å²) in [5, 5.41) is 0. The lowest BCUT2D eigenvalue weighted by Crippen LogP contribution is -1.92. The number of allylic oxidation sites excluding steroid dienone is 2. The quantitative estimate of drug-likeness (QED) is 0.701. The zero-order chi connectivity index (χ0) is 9.26. The normalized spacial score (nSPS) is 13.5. The summed E-state index contributed by atoms with van der Waals surface area (Å²) in [6, 6.07) is 5.88. The molecule has 2 rings (SSSR count). The fourth-order valence-corrected chi connectivity index (χ4v) is 1.34. The second-order valence-corrected chi connectivity index (χ2v) is 2.83. The van der Waals surface area contributed by atoms with Crippen molar-refractivity contribution >= 4 is 5.57 Å². The molecule has 0 N–H and O–H groups in total. The van der Waals surface area contributed by atoms with E-state index in [1.165, 1.54) is 5.57 Å². The van der Waals surface area contributed by atoms with Crippen molar-refractivity contribution in [2.45, 2.75) is 0 Å². The third-order valence-corrected chi connectivity index (χ3v) is 2.05. The van der Waals surface area contributed by atoms with Crippen molar-refractivity contribution in [3.05, 3.63) is 36.3 Å². The summed E-state index contributed by atoms with van der Waals surface area (Å²) in [4.78, 5) is 0. The number of hydrogen-bond acceptors (Lipinski definition) is 2. The van der Waals surface area contributed by atoms with Gasteiger partial charge in [0.2, 0.25) is 0 Å². The lowest BCUT2D eigenvalue weighted by atomic mass is 10.1. The van der Waals surface area contributed by atoms with Crippen LogP contribution in [0.4, 0.5) is 0 Å². The zero-order valence-corrected chi connectivity index (χ0v) is 7.70. The molecule has 1 aromatic rings. The fourth-order valence-electron chi connectivity index (χ4n) is 1.34. The summed E-state index contributed by atoms with van der Waals surface area (Å²) >= 11 is 0. The molecule has 0 aliphatic heterocycles. The van der Waals surface area contributed by atoms with Gasteiger partial charge in [0.1, 0.15) is 0 Å². The van der Waals surface area contributed by atoms with E-state index in [4.69, 9.17) is 9.47 Å². The number of benzene rings is 1. The fraction of sp³-hybridized carbons (Fsp3) is 0.182. The minimum Gasteiger partial charge on any atom is -0.493 e. The summed E-state index contributed by atoms with van der Waals surface area (Å²) in [6.07, 6.45) is 4.11. The Morgan fingerprint density at radius 3 is 2.38 bits per heavy atom. The number of rotatable bonds is 3. The number of para-hydroxylation sites is 1. The highest BCUT2D eigenvalue weighted by Crippen LogP contribution is 2.40. The van der Waals surface area contributed by atoms with E-state index in [-0.39, 0.29) is 0 Å². The molecule has 0 fully saturated rings. The molecular formula is C11H11O2. The first-order valence-corrected chi connectivity index (χ1v) is 4.13. The predicted octanol–water partition coefficient (Wildman–Crippen LogP) is 2.31. The van der Waals surface area contributed by atoms with Gasteiger partial charge < -0.3 is 9.47 Å². The van der Waals surface area contributed by atoms with Gasteiger partial charge in [0.25, 0.3) is 0 Å². The van der Waals surface area contributed by atoms with Crippen molar-refractivity contribution < 1.29 is 9.47 Å². The van der Waals surface area contributed by atoms with Gasteiger partial charge in [-0.2, -0.15) is 0 Å². The Morgan fingerprint density at radius 1 is 1.08 bits per heavy atom.